The van der Waals surface area contributed by atoms with Crippen molar-refractivity contribution in [3.8, 4) is 11.8 Å². The molecule has 0 spiro atoms. The Kier molecular flexibility index (Phi) is 3.41. The molecule has 1 aliphatic rings. The van der Waals surface area contributed by atoms with Gasteiger partial charge in [0.25, 0.3) is 5.91 Å². The second-order valence-corrected chi connectivity index (χ2v) is 4.49. The maximum Gasteiger partial charge on any atom is 0.330 e. The topological polar surface area (TPSA) is 95.2 Å². The van der Waals surface area contributed by atoms with Crippen LogP contribution in [0, 0.1) is 0 Å². The third kappa shape index (κ3) is 2.21. The van der Waals surface area contributed by atoms with E-state index in [9.17, 15) is 19.8 Å². The summed E-state index contributed by atoms with van der Waals surface area (Å²) in [7, 11) is 3.36. The van der Waals surface area contributed by atoms with E-state index < -0.39 is 23.8 Å². The fourth-order valence-electron chi connectivity index (χ4n) is 2.07. The van der Waals surface area contributed by atoms with Crippen molar-refractivity contribution in [2.45, 2.75) is 13.0 Å². The highest BCUT2D eigenvalue weighted by Gasteiger charge is 2.33. The number of nitrogens with zero attached hydrogens (tertiary/aromatic N) is 3. The zero-order valence-corrected chi connectivity index (χ0v) is 11.3. The van der Waals surface area contributed by atoms with Crippen molar-refractivity contribution in [2.75, 3.05) is 14.1 Å². The molecule has 1 aromatic heterocycles. The lowest BCUT2D eigenvalue weighted by atomic mass is 10.1. The van der Waals surface area contributed by atoms with Crippen LogP contribution in [0.3, 0.4) is 0 Å². The maximum atomic E-state index is 11.7. The summed E-state index contributed by atoms with van der Waals surface area (Å²) in [5.74, 6) is -1.81. The summed E-state index contributed by atoms with van der Waals surface area (Å²) in [4.78, 5) is 27.3. The Bertz CT molecular complexity index is 590. The smallest absolute Gasteiger partial charge is 0.330 e. The van der Waals surface area contributed by atoms with Crippen LogP contribution in [0.4, 0.5) is 0 Å². The Morgan fingerprint density at radius 1 is 1.40 bits per heavy atom. The van der Waals surface area contributed by atoms with Crippen molar-refractivity contribution in [1.29, 1.82) is 0 Å². The first-order valence-electron chi connectivity index (χ1n) is 5.84. The van der Waals surface area contributed by atoms with Crippen molar-refractivity contribution >= 4 is 11.9 Å². The van der Waals surface area contributed by atoms with Crippen LogP contribution in [0.25, 0.3) is 0 Å². The van der Waals surface area contributed by atoms with Crippen LogP contribution in [0.2, 0.25) is 0 Å². The molecular formula is C12H15N3O5. The first-order valence-corrected chi connectivity index (χ1v) is 5.84. The van der Waals surface area contributed by atoms with Gasteiger partial charge in [0.2, 0.25) is 11.8 Å². The van der Waals surface area contributed by atoms with Crippen LogP contribution >= 0.6 is 0 Å². The van der Waals surface area contributed by atoms with Gasteiger partial charge in [-0.15, -0.1) is 4.73 Å². The Hall–Kier alpha value is -2.48. The standard InChI is InChI=1S/C12H15N3O5/c1-7(16)20-15-11(18)6-8(12(15)19)9-4-5-10(17)14(9)13(2)3/h4-6,9,18-19H,1-3H3. The van der Waals surface area contributed by atoms with E-state index in [1.54, 1.807) is 25.2 Å². The summed E-state index contributed by atoms with van der Waals surface area (Å²) in [6.07, 6.45) is 2.94. The fraction of sp³-hybridized carbons (Fsp3) is 0.333. The van der Waals surface area contributed by atoms with Crippen LogP contribution in [-0.4, -0.2) is 50.9 Å². The van der Waals surface area contributed by atoms with E-state index in [2.05, 4.69) is 4.84 Å². The Labute approximate surface area is 115 Å². The summed E-state index contributed by atoms with van der Waals surface area (Å²) < 4.78 is 0.613. The third-order valence-corrected chi connectivity index (χ3v) is 2.82. The minimum absolute atomic E-state index is 0.250. The van der Waals surface area contributed by atoms with Crippen molar-refractivity contribution in [2.24, 2.45) is 0 Å². The number of hydrogen-bond donors (Lipinski definition) is 2. The number of aromatic hydroxyl groups is 2. The number of aromatic nitrogens is 1. The molecule has 108 valence electrons. The molecule has 1 unspecified atom stereocenters. The molecule has 1 amide bonds. The molecule has 2 rings (SSSR count). The maximum absolute atomic E-state index is 11.7. The lowest BCUT2D eigenvalue weighted by Crippen LogP contribution is -2.40. The summed E-state index contributed by atoms with van der Waals surface area (Å²) in [6.45, 7) is 1.14. The van der Waals surface area contributed by atoms with Gasteiger partial charge in [0.1, 0.15) is 0 Å². The molecule has 0 radical (unpaired) electrons. The predicted octanol–water partition coefficient (Wildman–Crippen LogP) is -0.210. The van der Waals surface area contributed by atoms with E-state index >= 15 is 0 Å². The van der Waals surface area contributed by atoms with E-state index in [4.69, 9.17) is 0 Å². The molecule has 0 aromatic carbocycles. The predicted molar refractivity (Wildman–Crippen MR) is 67.4 cm³/mol. The van der Waals surface area contributed by atoms with Crippen molar-refractivity contribution < 1.29 is 24.6 Å². The molecule has 1 aliphatic heterocycles. The molecule has 0 saturated carbocycles. The minimum atomic E-state index is -0.694. The van der Waals surface area contributed by atoms with Gasteiger partial charge < -0.3 is 15.1 Å². The average molecular weight is 281 g/mol. The molecule has 0 aliphatic carbocycles. The van der Waals surface area contributed by atoms with Gasteiger partial charge in [-0.1, -0.05) is 6.08 Å². The fourth-order valence-corrected chi connectivity index (χ4v) is 2.07. The highest BCUT2D eigenvalue weighted by Crippen LogP contribution is 2.37. The lowest BCUT2D eigenvalue weighted by molar-refractivity contribution is -0.143. The molecule has 2 N–H and O–H groups in total. The van der Waals surface area contributed by atoms with E-state index in [1.807, 2.05) is 0 Å². The third-order valence-electron chi connectivity index (χ3n) is 2.82. The normalized spacial score (nSPS) is 18.1. The second kappa shape index (κ2) is 4.89. The molecule has 1 aromatic rings. The molecule has 0 bridgehead atoms. The van der Waals surface area contributed by atoms with E-state index in [0.29, 0.717) is 4.73 Å². The monoisotopic (exact) mass is 281 g/mol. The van der Waals surface area contributed by atoms with Gasteiger partial charge >= 0.3 is 5.97 Å². The Morgan fingerprint density at radius 2 is 2.05 bits per heavy atom. The number of rotatable bonds is 3. The summed E-state index contributed by atoms with van der Waals surface area (Å²) in [5.41, 5.74) is 0.250. The van der Waals surface area contributed by atoms with Crippen LogP contribution in [0.15, 0.2) is 18.2 Å². The number of carbonyl (C=O) groups is 2. The zero-order valence-electron chi connectivity index (χ0n) is 11.3. The van der Waals surface area contributed by atoms with E-state index in [1.165, 1.54) is 17.2 Å². The summed E-state index contributed by atoms with van der Waals surface area (Å²) in [5, 5.41) is 22.7. The summed E-state index contributed by atoms with van der Waals surface area (Å²) >= 11 is 0. The lowest BCUT2D eigenvalue weighted by Gasteiger charge is -2.30. The number of hydrazine groups is 1. The molecule has 2 heterocycles. The molecular weight excluding hydrogens is 266 g/mol. The van der Waals surface area contributed by atoms with Crippen molar-refractivity contribution in [3.63, 3.8) is 0 Å². The van der Waals surface area contributed by atoms with Gasteiger partial charge in [-0.05, 0) is 0 Å². The van der Waals surface area contributed by atoms with Gasteiger partial charge in [0.15, 0.2) is 0 Å². The summed E-state index contributed by atoms with van der Waals surface area (Å²) in [6, 6.07) is 0.655. The van der Waals surface area contributed by atoms with Gasteiger partial charge in [-0.3, -0.25) is 9.80 Å². The van der Waals surface area contributed by atoms with Crippen LogP contribution in [0.1, 0.15) is 18.5 Å². The molecule has 0 fully saturated rings. The Balaban J connectivity index is 2.41. The molecule has 1 atom stereocenters. The van der Waals surface area contributed by atoms with E-state index in [-0.39, 0.29) is 11.5 Å². The number of amides is 1. The van der Waals surface area contributed by atoms with Crippen molar-refractivity contribution in [3.05, 3.63) is 23.8 Å². The molecule has 20 heavy (non-hydrogen) atoms. The van der Waals surface area contributed by atoms with Gasteiger partial charge in [-0.25, -0.2) is 9.80 Å². The number of carbonyl (C=O) groups excluding carboxylic acids is 2. The highest BCUT2D eigenvalue weighted by atomic mass is 16.7. The first kappa shape index (κ1) is 13.9. The molecule has 8 nitrogen and oxygen atoms in total. The SMILES string of the molecule is CC(=O)On1c(O)cc(C2C=CC(=O)N2N(C)C)c1O. The molecule has 0 saturated heterocycles. The van der Waals surface area contributed by atoms with Crippen molar-refractivity contribution in [1.82, 2.24) is 14.7 Å². The zero-order chi connectivity index (χ0) is 15.0. The largest absolute Gasteiger partial charge is 0.492 e. The van der Waals surface area contributed by atoms with Crippen LogP contribution in [0.5, 0.6) is 11.8 Å². The second-order valence-electron chi connectivity index (χ2n) is 4.49. The average Bonchev–Trinajstić information content (AvgIpc) is 2.84. The highest BCUT2D eigenvalue weighted by molar-refractivity contribution is 5.90. The van der Waals surface area contributed by atoms with E-state index in [0.717, 1.165) is 6.92 Å². The van der Waals surface area contributed by atoms with Gasteiger partial charge in [-0.2, -0.15) is 0 Å². The minimum Gasteiger partial charge on any atom is -0.492 e. The Morgan fingerprint density at radius 3 is 2.60 bits per heavy atom. The quantitative estimate of drug-likeness (QED) is 0.796. The van der Waals surface area contributed by atoms with Crippen LogP contribution < -0.4 is 4.84 Å². The van der Waals surface area contributed by atoms with Crippen LogP contribution in [-0.2, 0) is 9.59 Å². The van der Waals surface area contributed by atoms with Gasteiger partial charge in [0, 0.05) is 38.7 Å². The molecule has 8 heteroatoms. The van der Waals surface area contributed by atoms with Gasteiger partial charge in [0.05, 0.1) is 6.04 Å². The number of hydrogen-bond acceptors (Lipinski definition) is 6. The first-order chi connectivity index (χ1) is 9.32.